The number of nitrogens with zero attached hydrogens (tertiary/aromatic N) is 3. The van der Waals surface area contributed by atoms with E-state index in [0.717, 1.165) is 16.9 Å². The fourth-order valence-electron chi connectivity index (χ4n) is 2.80. The first-order chi connectivity index (χ1) is 14.2. The van der Waals surface area contributed by atoms with Crippen LogP contribution in [0.15, 0.2) is 78.8 Å². The number of benzene rings is 2. The molecule has 0 fully saturated rings. The molecule has 0 unspecified atom stereocenters. The molecule has 30 heavy (non-hydrogen) atoms. The van der Waals surface area contributed by atoms with Crippen molar-refractivity contribution in [3.63, 3.8) is 0 Å². The zero-order valence-corrected chi connectivity index (χ0v) is 19.0. The van der Waals surface area contributed by atoms with Crippen LogP contribution in [0.4, 0.5) is 4.39 Å². The molecule has 0 bridgehead atoms. The Labute approximate surface area is 192 Å². The molecule has 0 saturated carbocycles. The molecule has 3 aromatic rings. The fraction of sp³-hybridized carbons (Fsp3) is 0.182. The van der Waals surface area contributed by atoms with Gasteiger partial charge in [-0.2, -0.15) is 0 Å². The first-order valence-corrected chi connectivity index (χ1v) is 9.24. The molecule has 2 aromatic carbocycles. The summed E-state index contributed by atoms with van der Waals surface area (Å²) in [6, 6.07) is 12.9. The van der Waals surface area contributed by atoms with Crippen LogP contribution >= 0.6 is 24.0 Å². The smallest absolute Gasteiger partial charge is 0.191 e. The topological polar surface area (TPSA) is 63.5 Å². The summed E-state index contributed by atoms with van der Waals surface area (Å²) in [5, 5.41) is 6.44. The van der Waals surface area contributed by atoms with E-state index < -0.39 is 0 Å². The summed E-state index contributed by atoms with van der Waals surface area (Å²) in [7, 11) is 1.69. The van der Waals surface area contributed by atoms with Crippen LogP contribution in [0.3, 0.4) is 0 Å². The third-order valence-corrected chi connectivity index (χ3v) is 4.25. The summed E-state index contributed by atoms with van der Waals surface area (Å²) in [6.45, 7) is 5.10. The largest absolute Gasteiger partial charge is 0.489 e. The third-order valence-electron chi connectivity index (χ3n) is 4.25. The number of nitrogens with one attached hydrogen (secondary N) is 2. The van der Waals surface area contributed by atoms with E-state index in [1.165, 1.54) is 6.07 Å². The molecule has 0 aliphatic heterocycles. The minimum atomic E-state index is -0.307. The normalized spacial score (nSPS) is 10.8. The molecule has 0 saturated heterocycles. The van der Waals surface area contributed by atoms with Gasteiger partial charge in [0.1, 0.15) is 18.2 Å². The minimum Gasteiger partial charge on any atom is -0.489 e. The first-order valence-electron chi connectivity index (χ1n) is 9.24. The van der Waals surface area contributed by atoms with Gasteiger partial charge in [0.05, 0.1) is 12.0 Å². The molecule has 0 spiro atoms. The Kier molecular flexibility index (Phi) is 9.33. The Morgan fingerprint density at radius 1 is 1.23 bits per heavy atom. The van der Waals surface area contributed by atoms with Gasteiger partial charge in [0, 0.05) is 38.1 Å². The second-order valence-corrected chi connectivity index (χ2v) is 6.24. The Morgan fingerprint density at radius 2 is 2.03 bits per heavy atom. The lowest BCUT2D eigenvalue weighted by Gasteiger charge is -2.15. The highest BCUT2D eigenvalue weighted by Gasteiger charge is 2.07. The Bertz CT molecular complexity index is 975. The van der Waals surface area contributed by atoms with Crippen molar-refractivity contribution in [1.82, 2.24) is 20.2 Å². The van der Waals surface area contributed by atoms with E-state index in [4.69, 9.17) is 4.74 Å². The van der Waals surface area contributed by atoms with Gasteiger partial charge >= 0.3 is 0 Å². The number of aliphatic imine (C=N–C) groups is 1. The maximum atomic E-state index is 14.4. The lowest BCUT2D eigenvalue weighted by Crippen LogP contribution is -2.36. The average Bonchev–Trinajstić information content (AvgIpc) is 3.27. The van der Waals surface area contributed by atoms with E-state index in [9.17, 15) is 4.39 Å². The molecule has 0 radical (unpaired) electrons. The van der Waals surface area contributed by atoms with Crippen molar-refractivity contribution >= 4 is 29.9 Å². The van der Waals surface area contributed by atoms with Crippen molar-refractivity contribution in [1.29, 1.82) is 0 Å². The molecular weight excluding hydrogens is 496 g/mol. The monoisotopic (exact) mass is 521 g/mol. The molecule has 1 heterocycles. The lowest BCUT2D eigenvalue weighted by molar-refractivity contribution is 0.358. The number of hydrogen-bond donors (Lipinski definition) is 2. The molecule has 1 aromatic heterocycles. The SMILES string of the molecule is C=CCOc1ccccc1CNC(=NC)NCc1ccc(-n2ccnc2)c(F)c1.I. The van der Waals surface area contributed by atoms with Crippen LogP contribution in [0.2, 0.25) is 0 Å². The number of aromatic nitrogens is 2. The van der Waals surface area contributed by atoms with E-state index in [2.05, 4.69) is 27.2 Å². The average molecular weight is 521 g/mol. The molecular formula is C22H25FIN5O. The summed E-state index contributed by atoms with van der Waals surface area (Å²) in [6.07, 6.45) is 6.60. The predicted octanol–water partition coefficient (Wildman–Crippen LogP) is 4.06. The van der Waals surface area contributed by atoms with Crippen LogP contribution in [-0.4, -0.2) is 29.2 Å². The van der Waals surface area contributed by atoms with Gasteiger partial charge in [-0.05, 0) is 23.8 Å². The maximum absolute atomic E-state index is 14.4. The van der Waals surface area contributed by atoms with Gasteiger partial charge in [-0.3, -0.25) is 4.99 Å². The van der Waals surface area contributed by atoms with Crippen molar-refractivity contribution in [3.05, 3.63) is 90.8 Å². The highest BCUT2D eigenvalue weighted by atomic mass is 127. The summed E-state index contributed by atoms with van der Waals surface area (Å²) in [4.78, 5) is 8.17. The Hall–Kier alpha value is -2.88. The second-order valence-electron chi connectivity index (χ2n) is 6.24. The maximum Gasteiger partial charge on any atom is 0.191 e. The lowest BCUT2D eigenvalue weighted by atomic mass is 10.2. The van der Waals surface area contributed by atoms with Gasteiger partial charge in [0.15, 0.2) is 5.96 Å². The van der Waals surface area contributed by atoms with Crippen LogP contribution in [0.1, 0.15) is 11.1 Å². The molecule has 0 amide bonds. The van der Waals surface area contributed by atoms with Crippen LogP contribution in [0.5, 0.6) is 5.75 Å². The summed E-state index contributed by atoms with van der Waals surface area (Å²) in [5.41, 5.74) is 2.28. The fourth-order valence-corrected chi connectivity index (χ4v) is 2.80. The summed E-state index contributed by atoms with van der Waals surface area (Å²) < 4.78 is 21.7. The molecule has 8 heteroatoms. The Morgan fingerprint density at radius 3 is 2.73 bits per heavy atom. The number of ether oxygens (including phenoxy) is 1. The molecule has 6 nitrogen and oxygen atoms in total. The highest BCUT2D eigenvalue weighted by molar-refractivity contribution is 14.0. The second kappa shape index (κ2) is 12.0. The van der Waals surface area contributed by atoms with E-state index in [-0.39, 0.29) is 29.8 Å². The van der Waals surface area contributed by atoms with Gasteiger partial charge < -0.3 is 19.9 Å². The summed E-state index contributed by atoms with van der Waals surface area (Å²) >= 11 is 0. The van der Waals surface area contributed by atoms with Crippen LogP contribution < -0.4 is 15.4 Å². The molecule has 158 valence electrons. The van der Waals surface area contributed by atoms with Crippen molar-refractivity contribution in [3.8, 4) is 11.4 Å². The van der Waals surface area contributed by atoms with Crippen molar-refractivity contribution in [2.24, 2.45) is 4.99 Å². The van der Waals surface area contributed by atoms with Gasteiger partial charge in [-0.25, -0.2) is 9.37 Å². The van der Waals surface area contributed by atoms with E-state index in [1.54, 1.807) is 42.5 Å². The van der Waals surface area contributed by atoms with Crippen LogP contribution in [0, 0.1) is 5.82 Å². The number of para-hydroxylation sites is 1. The van der Waals surface area contributed by atoms with Gasteiger partial charge in [-0.1, -0.05) is 36.9 Å². The van der Waals surface area contributed by atoms with E-state index >= 15 is 0 Å². The number of rotatable bonds is 8. The molecule has 3 rings (SSSR count). The van der Waals surface area contributed by atoms with Crippen molar-refractivity contribution < 1.29 is 9.13 Å². The van der Waals surface area contributed by atoms with E-state index in [0.29, 0.717) is 31.3 Å². The number of guanidine groups is 1. The first kappa shape index (κ1) is 23.4. The molecule has 0 aliphatic rings. The van der Waals surface area contributed by atoms with Gasteiger partial charge in [-0.15, -0.1) is 24.0 Å². The van der Waals surface area contributed by atoms with Gasteiger partial charge in [0.2, 0.25) is 0 Å². The minimum absolute atomic E-state index is 0. The van der Waals surface area contributed by atoms with Gasteiger partial charge in [0.25, 0.3) is 0 Å². The van der Waals surface area contributed by atoms with Crippen molar-refractivity contribution in [2.45, 2.75) is 13.1 Å². The number of halogens is 2. The summed E-state index contributed by atoms with van der Waals surface area (Å²) in [5.74, 6) is 1.11. The zero-order valence-electron chi connectivity index (χ0n) is 16.7. The quantitative estimate of drug-likeness (QED) is 0.203. The highest BCUT2D eigenvalue weighted by Crippen LogP contribution is 2.18. The van der Waals surface area contributed by atoms with Crippen molar-refractivity contribution in [2.75, 3.05) is 13.7 Å². The van der Waals surface area contributed by atoms with Crippen LogP contribution in [-0.2, 0) is 13.1 Å². The zero-order chi connectivity index (χ0) is 20.5. The molecule has 0 atom stereocenters. The molecule has 0 aliphatic carbocycles. The van der Waals surface area contributed by atoms with E-state index in [1.807, 2.05) is 30.3 Å². The standard InChI is InChI=1S/C22H24FN5O.HI/c1-3-12-29-21-7-5-4-6-18(21)15-27-22(24-2)26-14-17-8-9-20(19(23)13-17)28-11-10-25-16-28;/h3-11,13,16H,1,12,14-15H2,2H3,(H2,24,26,27);1H. The predicted molar refractivity (Wildman–Crippen MR) is 128 cm³/mol. The third kappa shape index (κ3) is 6.31. The van der Waals surface area contributed by atoms with Crippen LogP contribution in [0.25, 0.3) is 5.69 Å². The molecule has 2 N–H and O–H groups in total. The number of hydrogen-bond acceptors (Lipinski definition) is 3. The number of imidazole rings is 1. The Balaban J connectivity index is 0.00000320.